The summed E-state index contributed by atoms with van der Waals surface area (Å²) in [7, 11) is 1.96. The summed E-state index contributed by atoms with van der Waals surface area (Å²) in [5.41, 5.74) is 1.43. The van der Waals surface area contributed by atoms with E-state index in [-0.39, 0.29) is 24.4 Å². The quantitative estimate of drug-likeness (QED) is 0.732. The lowest BCUT2D eigenvalue weighted by Crippen LogP contribution is -2.46. The van der Waals surface area contributed by atoms with Crippen LogP contribution in [0.4, 0.5) is 14.9 Å². The van der Waals surface area contributed by atoms with Crippen LogP contribution < -0.4 is 5.32 Å². The van der Waals surface area contributed by atoms with Gasteiger partial charge in [0.25, 0.3) is 0 Å². The van der Waals surface area contributed by atoms with Crippen LogP contribution in [0.25, 0.3) is 0 Å². The molecule has 1 heterocycles. The van der Waals surface area contributed by atoms with Gasteiger partial charge in [-0.3, -0.25) is 4.79 Å². The average molecular weight is 400 g/mol. The molecule has 29 heavy (non-hydrogen) atoms. The second-order valence-electron chi connectivity index (χ2n) is 8.08. The van der Waals surface area contributed by atoms with Crippen molar-refractivity contribution >= 4 is 17.6 Å². The number of nitrogens with zero attached hydrogens (tertiary/aromatic N) is 3. The van der Waals surface area contributed by atoms with Gasteiger partial charge in [-0.05, 0) is 49.1 Å². The molecule has 6 nitrogen and oxygen atoms in total. The molecule has 0 aliphatic heterocycles. The van der Waals surface area contributed by atoms with E-state index in [1.54, 1.807) is 6.07 Å². The second-order valence-corrected chi connectivity index (χ2v) is 8.08. The summed E-state index contributed by atoms with van der Waals surface area (Å²) >= 11 is 0. The lowest BCUT2D eigenvalue weighted by molar-refractivity contribution is -0.133. The molecule has 1 aliphatic carbocycles. The Balaban J connectivity index is 1.69. The lowest BCUT2D eigenvalue weighted by atomic mass is 10.2. The van der Waals surface area contributed by atoms with Gasteiger partial charge in [-0.1, -0.05) is 19.9 Å². The van der Waals surface area contributed by atoms with Crippen LogP contribution in [0.15, 0.2) is 42.6 Å². The van der Waals surface area contributed by atoms with E-state index in [1.807, 2.05) is 48.7 Å². The maximum absolute atomic E-state index is 13.4. The largest absolute Gasteiger partial charge is 0.353 e. The summed E-state index contributed by atoms with van der Waals surface area (Å²) in [6, 6.07) is 9.56. The SMILES string of the molecule is CC(C)CN(CC(=O)N(Cc1cccn1C)C1CC1)C(=O)Nc1cccc(F)c1. The normalized spacial score (nSPS) is 13.4. The summed E-state index contributed by atoms with van der Waals surface area (Å²) in [6.07, 6.45) is 3.95. The molecule has 0 unspecified atom stereocenters. The number of aryl methyl sites for hydroxylation is 1. The minimum atomic E-state index is -0.420. The number of benzene rings is 1. The minimum Gasteiger partial charge on any atom is -0.353 e. The number of nitrogens with one attached hydrogen (secondary N) is 1. The van der Waals surface area contributed by atoms with E-state index in [1.165, 1.54) is 23.1 Å². The van der Waals surface area contributed by atoms with Crippen LogP contribution in [-0.4, -0.2) is 45.4 Å². The van der Waals surface area contributed by atoms with Crippen molar-refractivity contribution in [1.29, 1.82) is 0 Å². The molecule has 156 valence electrons. The number of anilines is 1. The van der Waals surface area contributed by atoms with E-state index in [2.05, 4.69) is 5.32 Å². The lowest BCUT2D eigenvalue weighted by Gasteiger charge is -2.29. The fraction of sp³-hybridized carbons (Fsp3) is 0.455. The van der Waals surface area contributed by atoms with Crippen LogP contribution >= 0.6 is 0 Å². The monoisotopic (exact) mass is 400 g/mol. The Morgan fingerprint density at radius 1 is 1.24 bits per heavy atom. The standard InChI is InChI=1S/C22H29FN4O2/c1-16(2)13-26(22(29)24-18-7-4-6-17(23)12-18)15-21(28)27(19-9-10-19)14-20-8-5-11-25(20)3/h4-8,11-12,16,19H,9-10,13-15H2,1-3H3,(H,24,29). The van der Waals surface area contributed by atoms with Gasteiger partial charge in [0.15, 0.2) is 0 Å². The van der Waals surface area contributed by atoms with Gasteiger partial charge in [-0.15, -0.1) is 0 Å². The molecule has 2 aromatic rings. The third kappa shape index (κ3) is 5.82. The van der Waals surface area contributed by atoms with Crippen LogP contribution in [0.5, 0.6) is 0 Å². The molecular weight excluding hydrogens is 371 g/mol. The van der Waals surface area contributed by atoms with E-state index in [4.69, 9.17) is 0 Å². The molecule has 0 atom stereocenters. The molecule has 1 N–H and O–H groups in total. The fourth-order valence-electron chi connectivity index (χ4n) is 3.33. The van der Waals surface area contributed by atoms with Crippen LogP contribution in [0.1, 0.15) is 32.4 Å². The first kappa shape index (κ1) is 20.9. The van der Waals surface area contributed by atoms with Crippen molar-refractivity contribution in [2.75, 3.05) is 18.4 Å². The molecule has 1 aliphatic rings. The highest BCUT2D eigenvalue weighted by Gasteiger charge is 2.34. The Bertz CT molecular complexity index is 860. The van der Waals surface area contributed by atoms with Crippen molar-refractivity contribution in [3.63, 3.8) is 0 Å². The Morgan fingerprint density at radius 2 is 2.00 bits per heavy atom. The number of carbonyl (C=O) groups is 2. The molecule has 3 rings (SSSR count). The molecule has 0 bridgehead atoms. The number of hydrogen-bond donors (Lipinski definition) is 1. The molecule has 7 heteroatoms. The van der Waals surface area contributed by atoms with Crippen LogP contribution in [-0.2, 0) is 18.4 Å². The number of rotatable bonds is 8. The van der Waals surface area contributed by atoms with E-state index in [0.717, 1.165) is 18.5 Å². The number of hydrogen-bond acceptors (Lipinski definition) is 2. The molecule has 0 spiro atoms. The first-order valence-electron chi connectivity index (χ1n) is 10.0. The summed E-state index contributed by atoms with van der Waals surface area (Å²) in [5.74, 6) is -0.288. The number of halogens is 1. The van der Waals surface area contributed by atoms with Crippen molar-refractivity contribution in [3.8, 4) is 0 Å². The van der Waals surface area contributed by atoms with Gasteiger partial charge < -0.3 is 19.7 Å². The van der Waals surface area contributed by atoms with Gasteiger partial charge >= 0.3 is 6.03 Å². The van der Waals surface area contributed by atoms with Crippen molar-refractivity contribution < 1.29 is 14.0 Å². The molecule has 1 aromatic heterocycles. The highest BCUT2D eigenvalue weighted by atomic mass is 19.1. The first-order valence-corrected chi connectivity index (χ1v) is 10.0. The smallest absolute Gasteiger partial charge is 0.322 e. The second kappa shape index (κ2) is 9.11. The Hall–Kier alpha value is -2.83. The summed E-state index contributed by atoms with van der Waals surface area (Å²) < 4.78 is 15.4. The van der Waals surface area contributed by atoms with Gasteiger partial charge in [-0.25, -0.2) is 9.18 Å². The summed E-state index contributed by atoms with van der Waals surface area (Å²) in [4.78, 5) is 29.3. The fourth-order valence-corrected chi connectivity index (χ4v) is 3.33. The highest BCUT2D eigenvalue weighted by molar-refractivity contribution is 5.92. The van der Waals surface area contributed by atoms with Crippen molar-refractivity contribution in [2.24, 2.45) is 13.0 Å². The van der Waals surface area contributed by atoms with Gasteiger partial charge in [0.1, 0.15) is 12.4 Å². The third-order valence-electron chi connectivity index (χ3n) is 4.97. The van der Waals surface area contributed by atoms with Crippen molar-refractivity contribution in [2.45, 2.75) is 39.3 Å². The minimum absolute atomic E-state index is 0.000250. The molecule has 1 fully saturated rings. The molecule has 0 radical (unpaired) electrons. The maximum Gasteiger partial charge on any atom is 0.322 e. The van der Waals surface area contributed by atoms with Gasteiger partial charge in [-0.2, -0.15) is 0 Å². The van der Waals surface area contributed by atoms with Crippen LogP contribution in [0, 0.1) is 11.7 Å². The van der Waals surface area contributed by atoms with Crippen molar-refractivity contribution in [1.82, 2.24) is 14.4 Å². The predicted molar refractivity (Wildman–Crippen MR) is 111 cm³/mol. The highest BCUT2D eigenvalue weighted by Crippen LogP contribution is 2.28. The predicted octanol–water partition coefficient (Wildman–Crippen LogP) is 3.85. The Labute approximate surface area is 171 Å². The molecule has 1 aromatic carbocycles. The van der Waals surface area contributed by atoms with E-state index in [9.17, 15) is 14.0 Å². The van der Waals surface area contributed by atoms with Gasteiger partial charge in [0, 0.05) is 37.2 Å². The number of urea groups is 1. The zero-order valence-corrected chi connectivity index (χ0v) is 17.3. The molecule has 1 saturated carbocycles. The van der Waals surface area contributed by atoms with E-state index in [0.29, 0.717) is 18.8 Å². The third-order valence-corrected chi connectivity index (χ3v) is 4.97. The van der Waals surface area contributed by atoms with Crippen LogP contribution in [0.2, 0.25) is 0 Å². The molecule has 0 saturated heterocycles. The Kier molecular flexibility index (Phi) is 6.56. The zero-order chi connectivity index (χ0) is 21.0. The molecule has 3 amide bonds. The van der Waals surface area contributed by atoms with E-state index < -0.39 is 11.8 Å². The average Bonchev–Trinajstić information content (AvgIpc) is 3.41. The van der Waals surface area contributed by atoms with Crippen LogP contribution in [0.3, 0.4) is 0 Å². The van der Waals surface area contributed by atoms with Gasteiger partial charge in [0.2, 0.25) is 5.91 Å². The molecular formula is C22H29FN4O2. The Morgan fingerprint density at radius 3 is 2.59 bits per heavy atom. The van der Waals surface area contributed by atoms with E-state index >= 15 is 0 Å². The number of amides is 3. The zero-order valence-electron chi connectivity index (χ0n) is 17.3. The summed E-state index contributed by atoms with van der Waals surface area (Å²) in [5, 5.41) is 2.70. The number of carbonyl (C=O) groups excluding carboxylic acids is 2. The topological polar surface area (TPSA) is 57.6 Å². The first-order chi connectivity index (χ1) is 13.8. The maximum atomic E-state index is 13.4. The summed E-state index contributed by atoms with van der Waals surface area (Å²) in [6.45, 7) is 4.97. The van der Waals surface area contributed by atoms with Gasteiger partial charge in [0.05, 0.1) is 6.54 Å². The van der Waals surface area contributed by atoms with Crippen molar-refractivity contribution in [3.05, 3.63) is 54.1 Å². The number of aromatic nitrogens is 1.